The zero-order valence-corrected chi connectivity index (χ0v) is 43.4. The largest absolute Gasteiger partial charge is 0.398 e. The van der Waals surface area contributed by atoms with E-state index in [1.54, 1.807) is 18.2 Å². The fourth-order valence-corrected chi connectivity index (χ4v) is 9.27. The second-order valence-corrected chi connectivity index (χ2v) is 18.2. The second-order valence-electron chi connectivity index (χ2n) is 18.2. The number of nitrogens with two attached hydrogens (primary N) is 1. The topological polar surface area (TPSA) is 59.7 Å². The summed E-state index contributed by atoms with van der Waals surface area (Å²) in [5.41, 5.74) is 24.1. The van der Waals surface area contributed by atoms with Crippen molar-refractivity contribution in [3.8, 4) is 22.5 Å². The summed E-state index contributed by atoms with van der Waals surface area (Å²) >= 11 is 0. The van der Waals surface area contributed by atoms with Crippen LogP contribution in [0.15, 0.2) is 286 Å². The molecule has 4 nitrogen and oxygen atoms in total. The molecule has 4 heteroatoms. The van der Waals surface area contributed by atoms with Gasteiger partial charge in [-0.1, -0.05) is 220 Å². The average molecular weight is 973 g/mol. The van der Waals surface area contributed by atoms with Gasteiger partial charge in [-0.15, -0.1) is 0 Å². The summed E-state index contributed by atoms with van der Waals surface area (Å²) in [6.07, 6.45) is 21.2. The lowest BCUT2D eigenvalue weighted by molar-refractivity contribution is 1.18. The van der Waals surface area contributed by atoms with Crippen LogP contribution in [-0.2, 0) is 0 Å². The Kier molecular flexibility index (Phi) is 17.1. The first-order valence-corrected chi connectivity index (χ1v) is 25.3. The van der Waals surface area contributed by atoms with Crippen molar-refractivity contribution in [2.75, 3.05) is 0 Å². The van der Waals surface area contributed by atoms with Gasteiger partial charge in [-0.2, -0.15) is 0 Å². The number of benzene rings is 8. The molecule has 10 aromatic rings. The van der Waals surface area contributed by atoms with Gasteiger partial charge in [0, 0.05) is 38.6 Å². The van der Waals surface area contributed by atoms with Crippen LogP contribution in [0, 0.1) is 5.41 Å². The van der Waals surface area contributed by atoms with Gasteiger partial charge < -0.3 is 20.3 Å². The van der Waals surface area contributed by atoms with Crippen LogP contribution < -0.4 is 5.73 Å². The summed E-state index contributed by atoms with van der Waals surface area (Å²) in [5.74, 6) is 0. The number of nitrogens with zero attached hydrogens (tertiary/aromatic N) is 2. The van der Waals surface area contributed by atoms with E-state index >= 15 is 0 Å². The maximum absolute atomic E-state index is 8.89. The van der Waals surface area contributed by atoms with Crippen molar-refractivity contribution in [3.05, 3.63) is 309 Å². The lowest BCUT2D eigenvalue weighted by Crippen LogP contribution is -2.03. The Morgan fingerprint density at radius 1 is 0.453 bits per heavy atom. The normalized spacial score (nSPS) is 11.9. The van der Waals surface area contributed by atoms with Crippen molar-refractivity contribution in [2.24, 2.45) is 5.73 Å². The highest BCUT2D eigenvalue weighted by atomic mass is 15.0. The Labute approximate surface area is 443 Å². The fraction of sp³-hybridized carbons (Fsp3) is 0.0563. The molecule has 2 heterocycles. The highest BCUT2D eigenvalue weighted by Crippen LogP contribution is 2.38. The van der Waals surface area contributed by atoms with Crippen molar-refractivity contribution in [1.82, 2.24) is 9.13 Å². The van der Waals surface area contributed by atoms with Crippen LogP contribution in [0.4, 0.5) is 0 Å². The van der Waals surface area contributed by atoms with E-state index < -0.39 is 0 Å². The highest BCUT2D eigenvalue weighted by Gasteiger charge is 2.16. The number of aromatic nitrogens is 2. The monoisotopic (exact) mass is 973 g/mol. The predicted molar refractivity (Wildman–Crippen MR) is 328 cm³/mol. The Balaban J connectivity index is 0.000000333. The van der Waals surface area contributed by atoms with Crippen LogP contribution >= 0.6 is 0 Å². The molecule has 0 atom stereocenters. The summed E-state index contributed by atoms with van der Waals surface area (Å²) < 4.78 is 4.67. The molecule has 0 saturated heterocycles. The van der Waals surface area contributed by atoms with Gasteiger partial charge in [0.2, 0.25) is 0 Å². The Bertz CT molecular complexity index is 3840. The molecule has 0 radical (unpaired) electrons. The van der Waals surface area contributed by atoms with Gasteiger partial charge in [0.1, 0.15) is 0 Å². The number of nitrogens with one attached hydrogen (secondary N) is 1. The minimum absolute atomic E-state index is 0.356. The van der Waals surface area contributed by atoms with Crippen molar-refractivity contribution in [2.45, 2.75) is 27.7 Å². The third kappa shape index (κ3) is 11.9. The van der Waals surface area contributed by atoms with Crippen LogP contribution in [0.2, 0.25) is 0 Å². The van der Waals surface area contributed by atoms with E-state index in [2.05, 4.69) is 200 Å². The van der Waals surface area contributed by atoms with E-state index in [0.717, 1.165) is 50.2 Å². The van der Waals surface area contributed by atoms with Gasteiger partial charge in [-0.05, 0) is 139 Å². The predicted octanol–water partition coefficient (Wildman–Crippen LogP) is 19.0. The van der Waals surface area contributed by atoms with Crippen LogP contribution in [-0.4, -0.2) is 14.8 Å². The number of para-hydroxylation sites is 3. The molecule has 3 N–H and O–H groups in total. The number of rotatable bonds is 13. The maximum Gasteiger partial charge on any atom is 0.0632 e. The number of hydrogen-bond donors (Lipinski definition) is 2. The van der Waals surface area contributed by atoms with Gasteiger partial charge in [0.05, 0.1) is 27.8 Å². The quantitative estimate of drug-likeness (QED) is 0.0878. The lowest BCUT2D eigenvalue weighted by Gasteiger charge is -2.10. The van der Waals surface area contributed by atoms with Crippen molar-refractivity contribution in [1.29, 1.82) is 5.41 Å². The van der Waals surface area contributed by atoms with Crippen molar-refractivity contribution >= 4 is 66.2 Å². The highest BCUT2D eigenvalue weighted by molar-refractivity contribution is 6.13. The van der Waals surface area contributed by atoms with E-state index in [4.69, 9.17) is 11.1 Å². The zero-order chi connectivity index (χ0) is 52.7. The molecule has 0 bridgehead atoms. The number of fused-ring (bicyclic) bond motifs is 6. The summed E-state index contributed by atoms with van der Waals surface area (Å²) in [7, 11) is 0. The molecule has 2 aromatic heterocycles. The van der Waals surface area contributed by atoms with Crippen LogP contribution in [0.25, 0.3) is 83.0 Å². The number of allylic oxidation sites excluding steroid dienone is 14. The Morgan fingerprint density at radius 3 is 1.43 bits per heavy atom. The molecule has 0 aliphatic carbocycles. The summed E-state index contributed by atoms with van der Waals surface area (Å²) in [6, 6.07) is 68.0. The standard InChI is InChI=1S/C52H40N4.C14H16.C5H8/c1-3-12-35(13-4-2)36-20-22-37(23-21-36)47(53)34-48(54)38-24-28-42(29-25-38)56-50-19-11-9-17-44(50)46-33-40(27-31-52(46)56)39-26-30-51-45(32-39)43-16-8-10-18-49(43)55(51)41-14-6-5-7-15-41;1-4-13(11-10-12(2)3)14-8-6-5-7-9-14;1-3-5-4-2/h3-34,54H,1,53H2,2H3;4-11H,1H2,2-3H3;3-5H,1H2,2H3/b13-4-,35-12+,47-34-,54-48?;13-11+;5-4-. The van der Waals surface area contributed by atoms with E-state index in [0.29, 0.717) is 11.4 Å². The second kappa shape index (κ2) is 24.7. The minimum atomic E-state index is 0.356. The first-order chi connectivity index (χ1) is 36.7. The average Bonchev–Trinajstić information content (AvgIpc) is 3.96. The van der Waals surface area contributed by atoms with Crippen LogP contribution in [0.5, 0.6) is 0 Å². The molecule has 0 aliphatic heterocycles. The van der Waals surface area contributed by atoms with Gasteiger partial charge in [0.25, 0.3) is 0 Å². The van der Waals surface area contributed by atoms with Crippen LogP contribution in [0.3, 0.4) is 0 Å². The smallest absolute Gasteiger partial charge is 0.0632 e. The Hall–Kier alpha value is -9.51. The molecule has 0 unspecified atom stereocenters. The molecule has 8 aromatic carbocycles. The molecule has 368 valence electrons. The minimum Gasteiger partial charge on any atom is -0.398 e. The molecule has 0 aliphatic rings. The lowest BCUT2D eigenvalue weighted by atomic mass is 10.0. The third-order valence-electron chi connectivity index (χ3n) is 12.9. The first-order valence-electron chi connectivity index (χ1n) is 25.3. The molecule has 0 saturated carbocycles. The molecular weight excluding hydrogens is 909 g/mol. The third-order valence-corrected chi connectivity index (χ3v) is 12.9. The molecule has 10 rings (SSSR count). The molecular formula is C71H64N4. The SMILES string of the molecule is C=C/C(=C\C=C(C)C)c1ccccc1.C=C/C=C(\C=C/C)c1ccc(/C(N)=C/C(=N)c2ccc(-n3c4ccccc4c4cc(-c5ccc6c(c5)c5ccccc5n6-c5ccccc5)ccc43)cc2)cc1.C=C/C=C\C. The zero-order valence-electron chi connectivity index (χ0n) is 43.4. The van der Waals surface area contributed by atoms with Crippen molar-refractivity contribution < 1.29 is 0 Å². The first kappa shape index (κ1) is 51.8. The van der Waals surface area contributed by atoms with E-state index in [9.17, 15) is 0 Å². The van der Waals surface area contributed by atoms with Gasteiger partial charge in [0.15, 0.2) is 0 Å². The number of hydrogen-bond acceptors (Lipinski definition) is 2. The van der Waals surface area contributed by atoms with E-state index in [-0.39, 0.29) is 0 Å². The van der Waals surface area contributed by atoms with Gasteiger partial charge in [-0.25, -0.2) is 0 Å². The molecule has 0 fully saturated rings. The summed E-state index contributed by atoms with van der Waals surface area (Å²) in [5, 5.41) is 13.8. The van der Waals surface area contributed by atoms with Crippen LogP contribution in [0.1, 0.15) is 49.9 Å². The van der Waals surface area contributed by atoms with E-state index in [1.165, 1.54) is 54.8 Å². The molecule has 0 amide bonds. The molecule has 75 heavy (non-hydrogen) atoms. The molecule has 0 spiro atoms. The van der Waals surface area contributed by atoms with E-state index in [1.807, 2.05) is 98.8 Å². The van der Waals surface area contributed by atoms with Gasteiger partial charge >= 0.3 is 0 Å². The van der Waals surface area contributed by atoms with Crippen molar-refractivity contribution in [3.63, 3.8) is 0 Å². The summed E-state index contributed by atoms with van der Waals surface area (Å²) in [6.45, 7) is 19.2. The summed E-state index contributed by atoms with van der Waals surface area (Å²) in [4.78, 5) is 0. The maximum atomic E-state index is 8.89. The fourth-order valence-electron chi connectivity index (χ4n) is 9.27. The van der Waals surface area contributed by atoms with Gasteiger partial charge in [-0.3, -0.25) is 0 Å². The Morgan fingerprint density at radius 2 is 0.933 bits per heavy atom.